The van der Waals surface area contributed by atoms with Crippen molar-refractivity contribution in [1.29, 1.82) is 0 Å². The van der Waals surface area contributed by atoms with E-state index in [9.17, 15) is 19.5 Å². The molecule has 0 aliphatic carbocycles. The third-order valence-corrected chi connectivity index (χ3v) is 18.7. The van der Waals surface area contributed by atoms with Gasteiger partial charge in [-0.25, -0.2) is 4.79 Å². The monoisotopic (exact) mass is 680 g/mol. The lowest BCUT2D eigenvalue weighted by Gasteiger charge is -2.52. The highest BCUT2D eigenvalue weighted by Gasteiger charge is 2.57. The van der Waals surface area contributed by atoms with Gasteiger partial charge in [0.05, 0.1) is 18.1 Å². The van der Waals surface area contributed by atoms with E-state index in [1.807, 2.05) is 97.9 Å². The van der Waals surface area contributed by atoms with Crippen molar-refractivity contribution in [3.63, 3.8) is 0 Å². The van der Waals surface area contributed by atoms with Crippen LogP contribution in [0.5, 0.6) is 0 Å². The number of carbonyl (C=O) groups is 3. The van der Waals surface area contributed by atoms with E-state index in [1.165, 1.54) is 4.90 Å². The van der Waals surface area contributed by atoms with Crippen LogP contribution in [0.25, 0.3) is 0 Å². The number of ketones is 1. The van der Waals surface area contributed by atoms with Gasteiger partial charge in [-0.2, -0.15) is 0 Å². The quantitative estimate of drug-likeness (QED) is 0.0634. The summed E-state index contributed by atoms with van der Waals surface area (Å²) in [5.41, 5.74) is 6.88. The van der Waals surface area contributed by atoms with Crippen LogP contribution in [-0.4, -0.2) is 53.5 Å². The zero-order valence-corrected chi connectivity index (χ0v) is 30.4. The Balaban J connectivity index is 1.79. The molecule has 4 aromatic carbocycles. The molecule has 1 heterocycles. The van der Waals surface area contributed by atoms with Gasteiger partial charge in [0, 0.05) is 24.6 Å². The maximum Gasteiger partial charge on any atom is 0.353 e. The molecule has 48 heavy (non-hydrogen) atoms. The standard InChI is InChI=1S/C39H45N2O5PSi/c1-27(46-48(5,6)39(2,3)4)35-33(26-34(42)28-22-24-29(40)25-23-28)41(36(35)43)37(38(44)45)47(30-16-10-7-11-17-30,31-18-12-8-13-19-31)32-20-14-9-15-21-32/h7-25,27,33,35H,26,40H2,1-6H3,(H,44,45)/t27-,33-,35-/m1/s1. The van der Waals surface area contributed by atoms with Gasteiger partial charge in [-0.3, -0.25) is 9.59 Å². The number of nitrogens with zero attached hydrogens (tertiary/aromatic N) is 1. The van der Waals surface area contributed by atoms with E-state index in [0.29, 0.717) is 11.3 Å². The Morgan fingerprint density at radius 3 is 1.67 bits per heavy atom. The second-order valence-corrected chi connectivity index (χ2v) is 22.0. The number of Topliss-reactive ketones (excluding diaryl/α,β-unsaturated/α-hetero) is 1. The molecule has 250 valence electrons. The van der Waals surface area contributed by atoms with Gasteiger partial charge in [-0.15, -0.1) is 0 Å². The predicted octanol–water partition coefficient (Wildman–Crippen LogP) is 6.29. The van der Waals surface area contributed by atoms with Crippen LogP contribution in [0, 0.1) is 5.92 Å². The Bertz CT molecular complexity index is 1740. The molecule has 0 bridgehead atoms. The highest BCUT2D eigenvalue weighted by Crippen LogP contribution is 2.50. The number of amides is 1. The zero-order chi connectivity index (χ0) is 34.9. The molecule has 1 amide bonds. The minimum absolute atomic E-state index is 0.0121. The summed E-state index contributed by atoms with van der Waals surface area (Å²) in [6.45, 7) is 9.35. The average Bonchev–Trinajstić information content (AvgIpc) is 3.05. The molecular formula is C39H45N2O5PSi. The first kappa shape index (κ1) is 35.1. The first-order chi connectivity index (χ1) is 22.7. The minimum atomic E-state index is -3.20. The van der Waals surface area contributed by atoms with Crippen molar-refractivity contribution in [3.05, 3.63) is 121 Å². The molecule has 3 atom stereocenters. The van der Waals surface area contributed by atoms with Gasteiger partial charge < -0.3 is 20.2 Å². The highest BCUT2D eigenvalue weighted by atomic mass is 31.2. The molecule has 7 nitrogen and oxygen atoms in total. The predicted molar refractivity (Wildman–Crippen MR) is 199 cm³/mol. The zero-order valence-electron chi connectivity index (χ0n) is 28.5. The number of carboxylic acids is 1. The fourth-order valence-corrected chi connectivity index (χ4v) is 12.2. The van der Waals surface area contributed by atoms with Gasteiger partial charge in [0.15, 0.2) is 14.1 Å². The lowest BCUT2D eigenvalue weighted by atomic mass is 9.79. The third kappa shape index (κ3) is 6.45. The summed E-state index contributed by atoms with van der Waals surface area (Å²) in [6, 6.07) is 34.6. The second kappa shape index (κ2) is 13.7. The maximum atomic E-state index is 14.7. The van der Waals surface area contributed by atoms with Gasteiger partial charge in [-0.05, 0) is 65.2 Å². The van der Waals surface area contributed by atoms with Crippen LogP contribution in [0.1, 0.15) is 44.5 Å². The van der Waals surface area contributed by atoms with Gasteiger partial charge >= 0.3 is 5.97 Å². The van der Waals surface area contributed by atoms with Gasteiger partial charge in [0.2, 0.25) is 5.91 Å². The van der Waals surface area contributed by atoms with E-state index in [-0.39, 0.29) is 28.6 Å². The molecular weight excluding hydrogens is 635 g/mol. The van der Waals surface area contributed by atoms with Crippen LogP contribution in [-0.2, 0) is 14.0 Å². The van der Waals surface area contributed by atoms with Gasteiger partial charge in [0.25, 0.3) is 0 Å². The fraction of sp³-hybridized carbons (Fsp3) is 0.282. The molecule has 4 aromatic rings. The summed E-state index contributed by atoms with van der Waals surface area (Å²) < 4.78 is 6.75. The first-order valence-corrected chi connectivity index (χ1v) is 21.0. The van der Waals surface area contributed by atoms with Crippen molar-refractivity contribution >= 4 is 59.9 Å². The lowest BCUT2D eigenvalue weighted by Crippen LogP contribution is -2.69. The van der Waals surface area contributed by atoms with Crippen LogP contribution >= 0.6 is 6.89 Å². The summed E-state index contributed by atoms with van der Waals surface area (Å²) in [6.07, 6.45) is -0.604. The molecule has 0 saturated carbocycles. The summed E-state index contributed by atoms with van der Waals surface area (Å²) in [4.78, 5) is 43.9. The van der Waals surface area contributed by atoms with Crippen LogP contribution in [0.3, 0.4) is 0 Å². The van der Waals surface area contributed by atoms with Crippen LogP contribution in [0.4, 0.5) is 5.69 Å². The van der Waals surface area contributed by atoms with E-state index in [2.05, 4.69) is 33.9 Å². The molecule has 1 aliphatic rings. The van der Waals surface area contributed by atoms with Crippen molar-refractivity contribution in [2.24, 2.45) is 5.92 Å². The van der Waals surface area contributed by atoms with Crippen LogP contribution in [0.15, 0.2) is 115 Å². The Labute approximate surface area is 284 Å². The molecule has 0 unspecified atom stereocenters. The minimum Gasteiger partial charge on any atom is -0.477 e. The number of rotatable bonds is 11. The van der Waals surface area contributed by atoms with Crippen LogP contribution in [0.2, 0.25) is 18.1 Å². The van der Waals surface area contributed by atoms with Crippen molar-refractivity contribution in [2.75, 3.05) is 5.73 Å². The highest BCUT2D eigenvalue weighted by molar-refractivity contribution is 7.96. The number of anilines is 1. The van der Waals surface area contributed by atoms with Crippen molar-refractivity contribution in [3.8, 4) is 0 Å². The van der Waals surface area contributed by atoms with Gasteiger partial charge in [-0.1, -0.05) is 112 Å². The van der Waals surface area contributed by atoms with E-state index in [0.717, 1.165) is 15.9 Å². The number of likely N-dealkylation sites (tertiary alicyclic amines) is 1. The number of carbonyl (C=O) groups excluding carboxylic acids is 2. The van der Waals surface area contributed by atoms with Gasteiger partial charge in [0.1, 0.15) is 5.42 Å². The summed E-state index contributed by atoms with van der Waals surface area (Å²) in [5, 5.41) is 13.6. The molecule has 0 radical (unpaired) electrons. The smallest absolute Gasteiger partial charge is 0.353 e. The number of aliphatic carboxylic acids is 1. The Morgan fingerprint density at radius 1 is 0.833 bits per heavy atom. The Morgan fingerprint density at radius 2 is 1.27 bits per heavy atom. The van der Waals surface area contributed by atoms with Crippen molar-refractivity contribution < 1.29 is 23.9 Å². The Hall–Kier alpha value is -4.23. The molecule has 1 aliphatic heterocycles. The van der Waals surface area contributed by atoms with E-state index in [4.69, 9.17) is 10.2 Å². The van der Waals surface area contributed by atoms with E-state index >= 15 is 0 Å². The summed E-state index contributed by atoms with van der Waals surface area (Å²) >= 11 is 0. The largest absolute Gasteiger partial charge is 0.477 e. The maximum absolute atomic E-state index is 14.7. The molecule has 0 spiro atoms. The fourth-order valence-electron chi connectivity index (χ4n) is 6.43. The normalized spacial score (nSPS) is 17.4. The molecule has 3 N–H and O–H groups in total. The summed E-state index contributed by atoms with van der Waals surface area (Å²) in [5.74, 6) is -2.46. The van der Waals surface area contributed by atoms with Crippen molar-refractivity contribution in [2.45, 2.75) is 64.4 Å². The number of carboxylic acid groups (broad SMARTS) is 1. The number of hydrogen-bond acceptors (Lipinski definition) is 5. The van der Waals surface area contributed by atoms with E-state index in [1.54, 1.807) is 24.3 Å². The molecule has 5 rings (SSSR count). The molecule has 1 fully saturated rings. The summed E-state index contributed by atoms with van der Waals surface area (Å²) in [7, 11) is -2.33. The number of benzene rings is 4. The molecule has 9 heteroatoms. The number of nitrogen functional groups attached to an aromatic ring is 1. The lowest BCUT2D eigenvalue weighted by molar-refractivity contribution is -0.155. The molecule has 0 aromatic heterocycles. The van der Waals surface area contributed by atoms with E-state index < -0.39 is 39.2 Å². The Kier molecular flexibility index (Phi) is 10.0. The first-order valence-electron chi connectivity index (χ1n) is 16.3. The number of hydrogen-bond donors (Lipinski definition) is 2. The topological polar surface area (TPSA) is 110 Å². The number of nitrogens with two attached hydrogens (primary N) is 1. The average molecular weight is 681 g/mol. The van der Waals surface area contributed by atoms with Crippen LogP contribution < -0.4 is 21.6 Å². The van der Waals surface area contributed by atoms with Crippen molar-refractivity contribution in [1.82, 2.24) is 4.90 Å². The second-order valence-electron chi connectivity index (χ2n) is 13.9. The molecule has 1 saturated heterocycles. The SMILES string of the molecule is C[C@@H](O[Si](C)(C)C(C)(C)C)[C@H]1C(=O)N(C(C(=O)O)=P(c2ccccc2)(c2ccccc2)c2ccccc2)[C@@H]1CC(=O)c1ccc(N)cc1. The third-order valence-electron chi connectivity index (χ3n) is 9.86. The number of β-lactam (4-membered cyclic amide) rings is 1.